The van der Waals surface area contributed by atoms with Crippen LogP contribution in [-0.4, -0.2) is 11.8 Å². The largest absolute Gasteiger partial charge is 0.489 e. The number of hydrogen-bond acceptors (Lipinski definition) is 4. The molecule has 0 saturated carbocycles. The van der Waals surface area contributed by atoms with E-state index in [0.29, 0.717) is 61.8 Å². The summed E-state index contributed by atoms with van der Waals surface area (Å²) >= 11 is 0. The Labute approximate surface area is 223 Å². The lowest BCUT2D eigenvalue weighted by atomic mass is 10.1. The highest BCUT2D eigenvalue weighted by Crippen LogP contribution is 2.20. The van der Waals surface area contributed by atoms with E-state index in [1.165, 1.54) is 0 Å². The van der Waals surface area contributed by atoms with E-state index in [1.54, 1.807) is 0 Å². The minimum absolute atomic E-state index is 0.0890. The van der Waals surface area contributed by atoms with Crippen LogP contribution in [0.3, 0.4) is 0 Å². The van der Waals surface area contributed by atoms with Crippen molar-refractivity contribution in [3.05, 3.63) is 120 Å². The van der Waals surface area contributed by atoms with Crippen molar-refractivity contribution < 1.29 is 19.1 Å². The fourth-order valence-electron chi connectivity index (χ4n) is 3.83. The topological polar surface area (TPSA) is 76.7 Å². The Bertz CT molecular complexity index is 1210. The highest BCUT2D eigenvalue weighted by atomic mass is 16.5. The Kier molecular flexibility index (Phi) is 9.92. The van der Waals surface area contributed by atoms with Crippen molar-refractivity contribution in [1.29, 1.82) is 0 Å². The summed E-state index contributed by atoms with van der Waals surface area (Å²) in [5, 5.41) is 5.81. The molecule has 4 aromatic rings. The molecule has 38 heavy (non-hydrogen) atoms. The van der Waals surface area contributed by atoms with Gasteiger partial charge in [0.05, 0.1) is 0 Å². The van der Waals surface area contributed by atoms with Crippen LogP contribution >= 0.6 is 0 Å². The molecule has 0 bridgehead atoms. The van der Waals surface area contributed by atoms with Gasteiger partial charge in [0, 0.05) is 36.3 Å². The molecule has 0 fully saturated rings. The fraction of sp³-hybridized carbons (Fsp3) is 0.188. The van der Waals surface area contributed by atoms with Crippen molar-refractivity contribution in [2.75, 3.05) is 10.6 Å². The molecule has 0 radical (unpaired) electrons. The van der Waals surface area contributed by atoms with Crippen molar-refractivity contribution in [2.45, 2.75) is 38.9 Å². The van der Waals surface area contributed by atoms with Gasteiger partial charge in [-0.05, 0) is 48.2 Å². The highest BCUT2D eigenvalue weighted by molar-refractivity contribution is 5.92. The van der Waals surface area contributed by atoms with Crippen LogP contribution in [0.4, 0.5) is 11.4 Å². The average Bonchev–Trinajstić information content (AvgIpc) is 2.95. The summed E-state index contributed by atoms with van der Waals surface area (Å²) in [5.41, 5.74) is 3.53. The molecule has 2 N–H and O–H groups in total. The van der Waals surface area contributed by atoms with E-state index in [2.05, 4.69) is 10.6 Å². The van der Waals surface area contributed by atoms with Gasteiger partial charge in [-0.1, -0.05) is 72.8 Å². The summed E-state index contributed by atoms with van der Waals surface area (Å²) < 4.78 is 11.7. The van der Waals surface area contributed by atoms with Gasteiger partial charge in [-0.15, -0.1) is 0 Å². The third-order valence-corrected chi connectivity index (χ3v) is 5.79. The van der Waals surface area contributed by atoms with Gasteiger partial charge in [0.15, 0.2) is 0 Å². The summed E-state index contributed by atoms with van der Waals surface area (Å²) in [6.45, 7) is 0.927. The van der Waals surface area contributed by atoms with E-state index >= 15 is 0 Å². The molecule has 0 atom stereocenters. The van der Waals surface area contributed by atoms with Crippen molar-refractivity contribution in [1.82, 2.24) is 0 Å². The number of carbonyl (C=O) groups is 2. The predicted molar refractivity (Wildman–Crippen MR) is 150 cm³/mol. The van der Waals surface area contributed by atoms with E-state index < -0.39 is 0 Å². The van der Waals surface area contributed by atoms with Crippen LogP contribution in [-0.2, 0) is 22.8 Å². The molecule has 0 spiro atoms. The van der Waals surface area contributed by atoms with Gasteiger partial charge in [-0.2, -0.15) is 0 Å². The molecular weight excluding hydrogens is 476 g/mol. The Hall–Kier alpha value is -4.58. The number of benzene rings is 4. The molecule has 0 heterocycles. The lowest BCUT2D eigenvalue weighted by Crippen LogP contribution is -2.13. The first-order chi connectivity index (χ1) is 18.6. The Morgan fingerprint density at radius 2 is 0.947 bits per heavy atom. The van der Waals surface area contributed by atoms with Crippen LogP contribution in [0.1, 0.15) is 36.8 Å². The van der Waals surface area contributed by atoms with E-state index in [1.807, 2.05) is 109 Å². The Balaban J connectivity index is 1.13. The second-order valence-electron chi connectivity index (χ2n) is 8.91. The monoisotopic (exact) mass is 508 g/mol. The van der Waals surface area contributed by atoms with Gasteiger partial charge < -0.3 is 20.1 Å². The van der Waals surface area contributed by atoms with Crippen LogP contribution in [0.25, 0.3) is 0 Å². The lowest BCUT2D eigenvalue weighted by Gasteiger charge is -2.10. The quantitative estimate of drug-likeness (QED) is 0.191. The summed E-state index contributed by atoms with van der Waals surface area (Å²) in [6.07, 6.45) is 1.91. The second-order valence-corrected chi connectivity index (χ2v) is 8.91. The van der Waals surface area contributed by atoms with E-state index in [0.717, 1.165) is 11.1 Å². The van der Waals surface area contributed by atoms with Gasteiger partial charge in [0.25, 0.3) is 0 Å². The van der Waals surface area contributed by atoms with E-state index in [-0.39, 0.29) is 11.8 Å². The van der Waals surface area contributed by atoms with E-state index in [9.17, 15) is 9.59 Å². The summed E-state index contributed by atoms with van der Waals surface area (Å²) in [5.74, 6) is 1.21. The normalized spacial score (nSPS) is 10.4. The molecule has 6 heteroatoms. The first-order valence-corrected chi connectivity index (χ1v) is 12.8. The number of rotatable bonds is 13. The lowest BCUT2D eigenvalue weighted by molar-refractivity contribution is -0.118. The van der Waals surface area contributed by atoms with Crippen molar-refractivity contribution >= 4 is 23.2 Å². The fourth-order valence-corrected chi connectivity index (χ4v) is 3.83. The van der Waals surface area contributed by atoms with Crippen LogP contribution in [0.2, 0.25) is 0 Å². The van der Waals surface area contributed by atoms with E-state index in [4.69, 9.17) is 9.47 Å². The molecule has 0 aliphatic carbocycles. The molecule has 4 rings (SSSR count). The maximum Gasteiger partial charge on any atom is 0.224 e. The summed E-state index contributed by atoms with van der Waals surface area (Å²) in [6, 6.07) is 34.6. The first-order valence-electron chi connectivity index (χ1n) is 12.8. The van der Waals surface area contributed by atoms with Gasteiger partial charge in [-0.25, -0.2) is 0 Å². The summed E-state index contributed by atoms with van der Waals surface area (Å²) in [7, 11) is 0. The molecule has 0 aliphatic rings. The van der Waals surface area contributed by atoms with Gasteiger partial charge in [0.2, 0.25) is 11.8 Å². The molecule has 4 aromatic carbocycles. The molecular formula is C32H32N2O4. The zero-order chi connectivity index (χ0) is 26.4. The highest BCUT2D eigenvalue weighted by Gasteiger charge is 2.07. The zero-order valence-corrected chi connectivity index (χ0v) is 21.3. The standard InChI is InChI=1S/C32H32N2O4/c35-31(33-27-15-9-17-29(21-27)37-23-25-11-3-1-4-12-25)19-7-8-20-32(36)34-28-16-10-18-30(22-28)38-24-26-13-5-2-6-14-26/h1-6,9-18,21-22H,7-8,19-20,23-24H2,(H,33,35)(H,34,36). The van der Waals surface area contributed by atoms with Crippen LogP contribution in [0.15, 0.2) is 109 Å². The second kappa shape index (κ2) is 14.2. The molecule has 0 aromatic heterocycles. The van der Waals surface area contributed by atoms with Crippen molar-refractivity contribution in [3.63, 3.8) is 0 Å². The minimum atomic E-state index is -0.0890. The van der Waals surface area contributed by atoms with Gasteiger partial charge in [-0.3, -0.25) is 9.59 Å². The first kappa shape index (κ1) is 26.5. The van der Waals surface area contributed by atoms with Crippen LogP contribution in [0, 0.1) is 0 Å². The number of carbonyl (C=O) groups excluding carboxylic acids is 2. The number of anilines is 2. The smallest absolute Gasteiger partial charge is 0.224 e. The minimum Gasteiger partial charge on any atom is -0.489 e. The van der Waals surface area contributed by atoms with Gasteiger partial charge in [0.1, 0.15) is 24.7 Å². The summed E-state index contributed by atoms with van der Waals surface area (Å²) in [4.78, 5) is 24.7. The number of amides is 2. The number of nitrogens with one attached hydrogen (secondary N) is 2. The Morgan fingerprint density at radius 1 is 0.526 bits per heavy atom. The molecule has 6 nitrogen and oxygen atoms in total. The van der Waals surface area contributed by atoms with Gasteiger partial charge >= 0.3 is 0 Å². The predicted octanol–water partition coefficient (Wildman–Crippen LogP) is 6.98. The zero-order valence-electron chi connectivity index (χ0n) is 21.3. The molecule has 0 aliphatic heterocycles. The maximum atomic E-state index is 12.4. The third kappa shape index (κ3) is 9.13. The third-order valence-electron chi connectivity index (χ3n) is 5.79. The average molecular weight is 509 g/mol. The SMILES string of the molecule is O=C(CCCCC(=O)Nc1cccc(OCc2ccccc2)c1)Nc1cccc(OCc2ccccc2)c1. The Morgan fingerprint density at radius 3 is 1.37 bits per heavy atom. The van der Waals surface area contributed by atoms with Crippen LogP contribution in [0.5, 0.6) is 11.5 Å². The molecule has 0 saturated heterocycles. The molecule has 0 unspecified atom stereocenters. The van der Waals surface area contributed by atoms with Crippen molar-refractivity contribution in [3.8, 4) is 11.5 Å². The maximum absolute atomic E-state index is 12.4. The molecule has 2 amide bonds. The number of ether oxygens (including phenoxy) is 2. The number of hydrogen-bond donors (Lipinski definition) is 2. The van der Waals surface area contributed by atoms with Crippen molar-refractivity contribution in [2.24, 2.45) is 0 Å². The number of unbranched alkanes of at least 4 members (excludes halogenated alkanes) is 1. The van der Waals surface area contributed by atoms with Crippen LogP contribution < -0.4 is 20.1 Å². The molecule has 194 valence electrons.